The summed E-state index contributed by atoms with van der Waals surface area (Å²) in [5.41, 5.74) is 1.08. The molecule has 6 nitrogen and oxygen atoms in total. The van der Waals surface area contributed by atoms with Crippen molar-refractivity contribution in [3.8, 4) is 0 Å². The van der Waals surface area contributed by atoms with E-state index in [0.29, 0.717) is 30.1 Å². The predicted octanol–water partition coefficient (Wildman–Crippen LogP) is -0.304. The molecule has 1 aromatic rings. The van der Waals surface area contributed by atoms with E-state index in [1.807, 2.05) is 0 Å². The maximum Gasteiger partial charge on any atom is 0.259 e. The summed E-state index contributed by atoms with van der Waals surface area (Å²) in [6.45, 7) is 4.57. The first-order valence-electron chi connectivity index (χ1n) is 5.61. The number of aryl methyl sites for hydroxylation is 2. The number of rotatable bonds is 2. The summed E-state index contributed by atoms with van der Waals surface area (Å²) in [5, 5.41) is 16.6. The monoisotopic (exact) mass is 239 g/mol. The zero-order valence-corrected chi connectivity index (χ0v) is 10.2. The molecule has 1 amide bonds. The average Bonchev–Trinajstić information content (AvgIpc) is 2.84. The number of amides is 1. The van der Waals surface area contributed by atoms with Gasteiger partial charge in [-0.05, 0) is 13.8 Å². The minimum atomic E-state index is -0.524. The summed E-state index contributed by atoms with van der Waals surface area (Å²) >= 11 is 0. The molecule has 6 heteroatoms. The number of hydrogen-bond donors (Lipinski definition) is 2. The minimum Gasteiger partial charge on any atom is -0.390 e. The van der Waals surface area contributed by atoms with Crippen LogP contribution in [0, 0.1) is 13.8 Å². The molecule has 0 bridgehead atoms. The van der Waals surface area contributed by atoms with Gasteiger partial charge in [-0.3, -0.25) is 4.79 Å². The number of carbonyl (C=O) groups is 1. The third kappa shape index (κ3) is 2.05. The Morgan fingerprint density at radius 3 is 2.71 bits per heavy atom. The third-order valence-corrected chi connectivity index (χ3v) is 3.22. The van der Waals surface area contributed by atoms with Gasteiger partial charge in [-0.1, -0.05) is 5.16 Å². The summed E-state index contributed by atoms with van der Waals surface area (Å²) in [4.78, 5) is 13.8. The lowest BCUT2D eigenvalue weighted by molar-refractivity contribution is 0.0579. The summed E-state index contributed by atoms with van der Waals surface area (Å²) in [5.74, 6) is 0.355. The van der Waals surface area contributed by atoms with Crippen LogP contribution in [-0.4, -0.2) is 53.4 Å². The fourth-order valence-corrected chi connectivity index (χ4v) is 2.16. The zero-order chi connectivity index (χ0) is 12.6. The molecule has 1 saturated heterocycles. The van der Waals surface area contributed by atoms with Crippen LogP contribution in [0.4, 0.5) is 0 Å². The van der Waals surface area contributed by atoms with Crippen LogP contribution in [0.2, 0.25) is 0 Å². The fourth-order valence-electron chi connectivity index (χ4n) is 2.16. The molecule has 94 valence electrons. The molecule has 0 unspecified atom stereocenters. The van der Waals surface area contributed by atoms with Crippen LogP contribution in [-0.2, 0) is 0 Å². The largest absolute Gasteiger partial charge is 0.390 e. The number of nitrogens with one attached hydrogen (secondary N) is 1. The topological polar surface area (TPSA) is 78.6 Å². The molecule has 1 aliphatic heterocycles. The highest BCUT2D eigenvalue weighted by molar-refractivity contribution is 5.96. The van der Waals surface area contributed by atoms with Gasteiger partial charge in [0.25, 0.3) is 5.91 Å². The van der Waals surface area contributed by atoms with Crippen molar-refractivity contribution in [1.29, 1.82) is 0 Å². The second kappa shape index (κ2) is 4.46. The van der Waals surface area contributed by atoms with E-state index in [0.717, 1.165) is 0 Å². The number of likely N-dealkylation sites (N-methyl/N-ethyl adjacent to an activating group) is 1. The predicted molar refractivity (Wildman–Crippen MR) is 60.7 cm³/mol. The second-order valence-corrected chi connectivity index (χ2v) is 4.41. The van der Waals surface area contributed by atoms with E-state index in [9.17, 15) is 9.90 Å². The van der Waals surface area contributed by atoms with Gasteiger partial charge in [-0.25, -0.2) is 0 Å². The Hall–Kier alpha value is -1.40. The molecule has 1 aliphatic rings. The lowest BCUT2D eigenvalue weighted by atomic mass is 10.1. The van der Waals surface area contributed by atoms with Gasteiger partial charge in [-0.2, -0.15) is 0 Å². The van der Waals surface area contributed by atoms with Crippen molar-refractivity contribution in [3.05, 3.63) is 17.0 Å². The summed E-state index contributed by atoms with van der Waals surface area (Å²) in [6, 6.07) is -0.198. The normalized spacial score (nSPS) is 24.0. The van der Waals surface area contributed by atoms with Gasteiger partial charge in [0.1, 0.15) is 11.3 Å². The Morgan fingerprint density at radius 2 is 2.24 bits per heavy atom. The van der Waals surface area contributed by atoms with Crippen LogP contribution in [0.1, 0.15) is 21.8 Å². The first kappa shape index (κ1) is 12.1. The first-order valence-corrected chi connectivity index (χ1v) is 5.61. The van der Waals surface area contributed by atoms with E-state index in [-0.39, 0.29) is 11.9 Å². The van der Waals surface area contributed by atoms with Gasteiger partial charge in [0.2, 0.25) is 0 Å². The molecule has 1 fully saturated rings. The third-order valence-electron chi connectivity index (χ3n) is 3.22. The average molecular weight is 239 g/mol. The van der Waals surface area contributed by atoms with Crippen LogP contribution in [0.25, 0.3) is 0 Å². The van der Waals surface area contributed by atoms with Crippen molar-refractivity contribution in [3.63, 3.8) is 0 Å². The van der Waals surface area contributed by atoms with Gasteiger partial charge in [0.15, 0.2) is 0 Å². The Bertz CT molecular complexity index is 410. The molecule has 0 aromatic carbocycles. The SMILES string of the molecule is Cc1noc(C)c1C(=O)N(C)[C@@H]1CNC[C@H]1O. The maximum atomic E-state index is 12.3. The van der Waals surface area contributed by atoms with Gasteiger partial charge in [0.05, 0.1) is 17.8 Å². The minimum absolute atomic E-state index is 0.158. The Morgan fingerprint density at radius 1 is 1.53 bits per heavy atom. The van der Waals surface area contributed by atoms with Crippen LogP contribution in [0.3, 0.4) is 0 Å². The number of aromatic nitrogens is 1. The molecule has 2 rings (SSSR count). The lowest BCUT2D eigenvalue weighted by Crippen LogP contribution is -2.44. The highest BCUT2D eigenvalue weighted by atomic mass is 16.5. The fraction of sp³-hybridized carbons (Fsp3) is 0.636. The Labute approximate surface area is 99.6 Å². The standard InChI is InChI=1S/C11H17N3O3/c1-6-10(7(2)17-13-6)11(16)14(3)8-4-12-5-9(8)15/h8-9,12,15H,4-5H2,1-3H3/t8-,9-/m1/s1. The number of aliphatic hydroxyl groups is 1. The maximum absolute atomic E-state index is 12.3. The number of hydrogen-bond acceptors (Lipinski definition) is 5. The van der Waals surface area contributed by atoms with E-state index in [1.54, 1.807) is 25.8 Å². The Kier molecular flexibility index (Phi) is 3.17. The van der Waals surface area contributed by atoms with Crippen molar-refractivity contribution in [1.82, 2.24) is 15.4 Å². The summed E-state index contributed by atoms with van der Waals surface area (Å²) in [7, 11) is 1.69. The molecule has 0 spiro atoms. The molecule has 2 atom stereocenters. The van der Waals surface area contributed by atoms with E-state index in [2.05, 4.69) is 10.5 Å². The molecular weight excluding hydrogens is 222 g/mol. The van der Waals surface area contributed by atoms with E-state index in [4.69, 9.17) is 4.52 Å². The van der Waals surface area contributed by atoms with Crippen LogP contribution in [0.15, 0.2) is 4.52 Å². The number of carbonyl (C=O) groups excluding carboxylic acids is 1. The number of aliphatic hydroxyl groups excluding tert-OH is 1. The van der Waals surface area contributed by atoms with Crippen molar-refractivity contribution in [2.45, 2.75) is 26.0 Å². The molecule has 1 aromatic heterocycles. The second-order valence-electron chi connectivity index (χ2n) is 4.41. The van der Waals surface area contributed by atoms with E-state index in [1.165, 1.54) is 0 Å². The highest BCUT2D eigenvalue weighted by Crippen LogP contribution is 2.17. The lowest BCUT2D eigenvalue weighted by Gasteiger charge is -2.26. The molecular formula is C11H17N3O3. The highest BCUT2D eigenvalue weighted by Gasteiger charge is 2.33. The summed E-state index contributed by atoms with van der Waals surface area (Å²) < 4.78 is 4.98. The van der Waals surface area contributed by atoms with E-state index < -0.39 is 6.10 Å². The molecule has 0 aliphatic carbocycles. The molecule has 2 heterocycles. The molecule has 17 heavy (non-hydrogen) atoms. The van der Waals surface area contributed by atoms with Crippen LogP contribution < -0.4 is 5.32 Å². The van der Waals surface area contributed by atoms with Gasteiger partial charge in [-0.15, -0.1) is 0 Å². The van der Waals surface area contributed by atoms with Crippen LogP contribution in [0.5, 0.6) is 0 Å². The van der Waals surface area contributed by atoms with Gasteiger partial charge < -0.3 is 19.8 Å². The zero-order valence-electron chi connectivity index (χ0n) is 10.2. The van der Waals surface area contributed by atoms with Gasteiger partial charge >= 0.3 is 0 Å². The van der Waals surface area contributed by atoms with Crippen LogP contribution >= 0.6 is 0 Å². The molecule has 0 radical (unpaired) electrons. The molecule has 2 N–H and O–H groups in total. The first-order chi connectivity index (χ1) is 8.02. The van der Waals surface area contributed by atoms with Crippen molar-refractivity contribution < 1.29 is 14.4 Å². The number of nitrogens with zero attached hydrogens (tertiary/aromatic N) is 2. The van der Waals surface area contributed by atoms with Crippen molar-refractivity contribution in [2.75, 3.05) is 20.1 Å². The summed E-state index contributed by atoms with van der Waals surface area (Å²) in [6.07, 6.45) is -0.524. The van der Waals surface area contributed by atoms with E-state index >= 15 is 0 Å². The number of β-amino-alcohol motifs (C(OH)–C–C–N with tert-alkyl or cyclic N) is 1. The van der Waals surface area contributed by atoms with Crippen molar-refractivity contribution >= 4 is 5.91 Å². The quantitative estimate of drug-likeness (QED) is 0.740. The van der Waals surface area contributed by atoms with Crippen molar-refractivity contribution in [2.24, 2.45) is 0 Å². The molecule has 0 saturated carbocycles. The van der Waals surface area contributed by atoms with Gasteiger partial charge in [0, 0.05) is 20.1 Å². The smallest absolute Gasteiger partial charge is 0.259 e. The Balaban J connectivity index is 2.20.